The monoisotopic (exact) mass is 365 g/mol. The van der Waals surface area contributed by atoms with Crippen molar-refractivity contribution in [1.82, 2.24) is 0 Å². The van der Waals surface area contributed by atoms with Gasteiger partial charge in [-0.25, -0.2) is 4.99 Å². The second-order valence-corrected chi connectivity index (χ2v) is 7.95. The Kier molecular flexibility index (Phi) is 20.1. The summed E-state index contributed by atoms with van der Waals surface area (Å²) in [7, 11) is 0. The van der Waals surface area contributed by atoms with E-state index in [0.717, 1.165) is 19.3 Å². The Labute approximate surface area is 164 Å². The van der Waals surface area contributed by atoms with Gasteiger partial charge >= 0.3 is 0 Å². The summed E-state index contributed by atoms with van der Waals surface area (Å²) < 4.78 is 0. The summed E-state index contributed by atoms with van der Waals surface area (Å²) in [5.74, 6) is 0.548. The van der Waals surface area contributed by atoms with Crippen LogP contribution in [0.2, 0.25) is 0 Å². The van der Waals surface area contributed by atoms with E-state index in [2.05, 4.69) is 25.8 Å². The van der Waals surface area contributed by atoms with Gasteiger partial charge in [-0.15, -0.1) is 0 Å². The molecule has 0 aromatic heterocycles. The van der Waals surface area contributed by atoms with Crippen LogP contribution in [0.25, 0.3) is 0 Å². The minimum atomic E-state index is 0.0756. The molecular weight excluding hydrogens is 318 g/mol. The number of unbranched alkanes of at least 4 members (excludes halogenated alkanes) is 14. The van der Waals surface area contributed by atoms with Crippen molar-refractivity contribution in [3.05, 3.63) is 0 Å². The summed E-state index contributed by atoms with van der Waals surface area (Å²) in [6, 6.07) is 0. The predicted molar refractivity (Wildman–Crippen MR) is 117 cm³/mol. The lowest BCUT2D eigenvalue weighted by molar-refractivity contribution is -0.117. The van der Waals surface area contributed by atoms with Crippen molar-refractivity contribution in [3.63, 3.8) is 0 Å². The zero-order chi connectivity index (χ0) is 19.3. The van der Waals surface area contributed by atoms with Crippen molar-refractivity contribution < 1.29 is 4.79 Å². The predicted octanol–water partition coefficient (Wildman–Crippen LogP) is 8.28. The van der Waals surface area contributed by atoms with Crippen LogP contribution in [-0.2, 0) is 4.79 Å². The van der Waals surface area contributed by atoms with Crippen molar-refractivity contribution >= 4 is 12.1 Å². The molecular formula is C24H47NO. The molecule has 0 spiro atoms. The molecule has 0 aliphatic rings. The number of carbonyl (C=O) groups is 1. The molecule has 0 aromatic carbocycles. The van der Waals surface area contributed by atoms with Crippen molar-refractivity contribution in [2.45, 2.75) is 136 Å². The van der Waals surface area contributed by atoms with E-state index in [0.29, 0.717) is 12.3 Å². The molecule has 0 aliphatic heterocycles. The topological polar surface area (TPSA) is 29.4 Å². The molecule has 0 bridgehead atoms. The second kappa shape index (κ2) is 20.6. The van der Waals surface area contributed by atoms with E-state index < -0.39 is 0 Å². The van der Waals surface area contributed by atoms with E-state index in [9.17, 15) is 4.79 Å². The Morgan fingerprint density at radius 1 is 0.654 bits per heavy atom. The number of hydrogen-bond donors (Lipinski definition) is 0. The lowest BCUT2D eigenvalue weighted by Crippen LogP contribution is -2.01. The number of hydrogen-bond acceptors (Lipinski definition) is 1. The first-order valence-electron chi connectivity index (χ1n) is 11.8. The zero-order valence-electron chi connectivity index (χ0n) is 18.2. The maximum atomic E-state index is 11.7. The van der Waals surface area contributed by atoms with Crippen LogP contribution in [0.1, 0.15) is 136 Å². The average Bonchev–Trinajstić information content (AvgIpc) is 2.65. The van der Waals surface area contributed by atoms with Crippen LogP contribution in [0, 0.1) is 5.92 Å². The third-order valence-corrected chi connectivity index (χ3v) is 5.47. The Morgan fingerprint density at radius 3 is 1.42 bits per heavy atom. The smallest absolute Gasteiger partial charge is 0.245 e. The van der Waals surface area contributed by atoms with Crippen molar-refractivity contribution in [3.8, 4) is 0 Å². The normalized spacial score (nSPS) is 11.7. The van der Waals surface area contributed by atoms with Gasteiger partial charge in [0, 0.05) is 12.6 Å². The summed E-state index contributed by atoms with van der Waals surface area (Å²) in [6.45, 7) is 6.59. The van der Waals surface area contributed by atoms with Gasteiger partial charge in [-0.2, -0.15) is 0 Å². The maximum absolute atomic E-state index is 11.7. The molecule has 0 heterocycles. The number of carbonyl (C=O) groups excluding carboxylic acids is 1. The van der Waals surface area contributed by atoms with E-state index in [-0.39, 0.29) is 5.91 Å². The molecule has 0 saturated carbocycles. The van der Waals surface area contributed by atoms with Crippen LogP contribution in [0.4, 0.5) is 0 Å². The van der Waals surface area contributed by atoms with E-state index in [1.54, 1.807) is 0 Å². The van der Waals surface area contributed by atoms with Crippen LogP contribution >= 0.6 is 0 Å². The first-order chi connectivity index (χ1) is 12.7. The molecule has 0 aromatic rings. The second-order valence-electron chi connectivity index (χ2n) is 7.95. The highest BCUT2D eigenvalue weighted by Gasteiger charge is 2.02. The number of rotatable bonds is 19. The van der Waals surface area contributed by atoms with E-state index in [1.165, 1.54) is 89.9 Å². The van der Waals surface area contributed by atoms with E-state index >= 15 is 0 Å². The minimum absolute atomic E-state index is 0.0756. The highest BCUT2D eigenvalue weighted by atomic mass is 16.1. The van der Waals surface area contributed by atoms with Gasteiger partial charge in [0.05, 0.1) is 0 Å². The number of amides is 1. The molecule has 0 saturated heterocycles. The van der Waals surface area contributed by atoms with Crippen molar-refractivity contribution in [2.24, 2.45) is 10.9 Å². The quantitative estimate of drug-likeness (QED) is 0.167. The Bertz CT molecular complexity index is 320. The molecule has 2 nitrogen and oxygen atoms in total. The standard InChI is InChI=1S/C24H47NO/c1-4-7-8-9-10-11-12-13-14-15-16-17-18-19-20-21-24(26)25-22-23(5-2)6-3/h22-23H,4-21H2,1-3H3. The van der Waals surface area contributed by atoms with E-state index in [4.69, 9.17) is 0 Å². The van der Waals surface area contributed by atoms with Gasteiger partial charge < -0.3 is 0 Å². The molecule has 1 amide bonds. The number of nitrogens with zero attached hydrogens (tertiary/aromatic N) is 1. The zero-order valence-corrected chi connectivity index (χ0v) is 18.2. The van der Waals surface area contributed by atoms with Gasteiger partial charge in [0.25, 0.3) is 0 Å². The van der Waals surface area contributed by atoms with Crippen LogP contribution in [0.3, 0.4) is 0 Å². The molecule has 0 fully saturated rings. The van der Waals surface area contributed by atoms with Gasteiger partial charge in [-0.3, -0.25) is 4.79 Å². The average molecular weight is 366 g/mol. The first kappa shape index (κ1) is 25.3. The van der Waals surface area contributed by atoms with Gasteiger partial charge in [-0.1, -0.05) is 111 Å². The largest absolute Gasteiger partial charge is 0.273 e. The lowest BCUT2D eigenvalue weighted by Gasteiger charge is -2.04. The summed E-state index contributed by atoms with van der Waals surface area (Å²) >= 11 is 0. The summed E-state index contributed by atoms with van der Waals surface area (Å²) in [5, 5.41) is 0. The lowest BCUT2D eigenvalue weighted by atomic mass is 10.0. The van der Waals surface area contributed by atoms with Gasteiger partial charge in [0.1, 0.15) is 0 Å². The molecule has 0 radical (unpaired) electrons. The minimum Gasteiger partial charge on any atom is -0.273 e. The fourth-order valence-corrected chi connectivity index (χ4v) is 3.40. The first-order valence-corrected chi connectivity index (χ1v) is 11.8. The Morgan fingerprint density at radius 2 is 1.04 bits per heavy atom. The van der Waals surface area contributed by atoms with Gasteiger partial charge in [-0.05, 0) is 25.2 Å². The summed E-state index contributed by atoms with van der Waals surface area (Å²) in [5.41, 5.74) is 0. The number of aliphatic imine (C=N–C) groups is 1. The molecule has 0 unspecified atom stereocenters. The Hall–Kier alpha value is -0.660. The van der Waals surface area contributed by atoms with Crippen molar-refractivity contribution in [2.75, 3.05) is 0 Å². The third kappa shape index (κ3) is 18.1. The summed E-state index contributed by atoms with van der Waals surface area (Å²) in [4.78, 5) is 15.8. The van der Waals surface area contributed by atoms with Crippen LogP contribution < -0.4 is 0 Å². The molecule has 0 aliphatic carbocycles. The Balaban J connectivity index is 3.25. The van der Waals surface area contributed by atoms with Crippen LogP contribution in [0.15, 0.2) is 4.99 Å². The fraction of sp³-hybridized carbons (Fsp3) is 0.917. The maximum Gasteiger partial charge on any atom is 0.245 e. The molecule has 26 heavy (non-hydrogen) atoms. The molecule has 0 N–H and O–H groups in total. The van der Waals surface area contributed by atoms with Gasteiger partial charge in [0.15, 0.2) is 0 Å². The van der Waals surface area contributed by atoms with Gasteiger partial charge in [0.2, 0.25) is 5.91 Å². The molecule has 0 rings (SSSR count). The van der Waals surface area contributed by atoms with Crippen LogP contribution in [0.5, 0.6) is 0 Å². The molecule has 2 heteroatoms. The molecule has 0 atom stereocenters. The third-order valence-electron chi connectivity index (χ3n) is 5.47. The highest BCUT2D eigenvalue weighted by molar-refractivity contribution is 5.85. The van der Waals surface area contributed by atoms with Crippen molar-refractivity contribution in [1.29, 1.82) is 0 Å². The SMILES string of the molecule is CCCCCCCCCCCCCCCCCC(=O)N=CC(CC)CC. The van der Waals surface area contributed by atoms with E-state index in [1.807, 2.05) is 6.21 Å². The van der Waals surface area contributed by atoms with Crippen LogP contribution in [-0.4, -0.2) is 12.1 Å². The highest BCUT2D eigenvalue weighted by Crippen LogP contribution is 2.14. The fourth-order valence-electron chi connectivity index (χ4n) is 3.40. The summed E-state index contributed by atoms with van der Waals surface area (Å²) in [6.07, 6.45) is 25.0. The molecule has 154 valence electrons.